The maximum absolute atomic E-state index is 13.2. The van der Waals surface area contributed by atoms with Crippen LogP contribution in [0.5, 0.6) is 0 Å². The lowest BCUT2D eigenvalue weighted by Crippen LogP contribution is -2.36. The van der Waals surface area contributed by atoms with Crippen LogP contribution in [-0.2, 0) is 14.3 Å². The second-order valence-electron chi connectivity index (χ2n) is 6.56. The highest BCUT2D eigenvalue weighted by atomic mass is 32.2. The van der Waals surface area contributed by atoms with Crippen molar-refractivity contribution in [1.29, 1.82) is 0 Å². The highest BCUT2D eigenvalue weighted by molar-refractivity contribution is 8.15. The summed E-state index contributed by atoms with van der Waals surface area (Å²) >= 11 is 1.06. The molecule has 2 heterocycles. The predicted octanol–water partition coefficient (Wildman–Crippen LogP) is 1.97. The molecule has 8 heteroatoms. The van der Waals surface area contributed by atoms with Crippen molar-refractivity contribution in [3.8, 4) is 5.69 Å². The van der Waals surface area contributed by atoms with Crippen molar-refractivity contribution in [3.63, 3.8) is 0 Å². The normalized spacial score (nSPS) is 20.6. The molecule has 0 saturated heterocycles. The minimum atomic E-state index is -0.769. The van der Waals surface area contributed by atoms with Crippen LogP contribution in [0.2, 0.25) is 0 Å². The fraction of sp³-hybridized carbons (Fsp3) is 0.263. The van der Waals surface area contributed by atoms with Gasteiger partial charge >= 0.3 is 5.97 Å². The average molecular weight is 383 g/mol. The Hall–Kier alpha value is -2.87. The molecule has 0 amide bonds. The molecule has 1 atom stereocenters. The number of rotatable bonds is 3. The lowest BCUT2D eigenvalue weighted by Gasteiger charge is -2.31. The molecule has 7 nitrogen and oxygen atoms in total. The molecule has 1 aromatic carbocycles. The van der Waals surface area contributed by atoms with Gasteiger partial charge in [-0.1, -0.05) is 30.0 Å². The molecule has 27 heavy (non-hydrogen) atoms. The fourth-order valence-electron chi connectivity index (χ4n) is 3.59. The summed E-state index contributed by atoms with van der Waals surface area (Å²) < 4.78 is 5.50. The first-order valence-corrected chi connectivity index (χ1v) is 9.31. The van der Waals surface area contributed by atoms with Crippen molar-refractivity contribution in [2.45, 2.75) is 25.0 Å². The summed E-state index contributed by atoms with van der Waals surface area (Å²) in [5.41, 5.74) is 7.49. The van der Waals surface area contributed by atoms with Crippen LogP contribution in [0, 0.1) is 0 Å². The molecule has 1 aromatic heterocycles. The van der Waals surface area contributed by atoms with Gasteiger partial charge in [-0.05, 0) is 26.0 Å². The Balaban J connectivity index is 2.05. The smallest absolute Gasteiger partial charge is 0.336 e. The van der Waals surface area contributed by atoms with Gasteiger partial charge in [0.25, 0.3) is 5.56 Å². The maximum atomic E-state index is 13.2. The molecule has 1 aliphatic heterocycles. The van der Waals surface area contributed by atoms with E-state index >= 15 is 0 Å². The Labute approximate surface area is 159 Å². The first-order valence-electron chi connectivity index (χ1n) is 8.50. The number of benzene rings is 1. The van der Waals surface area contributed by atoms with Gasteiger partial charge in [-0.15, -0.1) is 0 Å². The minimum absolute atomic E-state index is 0.0644. The predicted molar refractivity (Wildman–Crippen MR) is 101 cm³/mol. The number of carbonyl (C=O) groups is 2. The molecule has 0 bridgehead atoms. The Kier molecular flexibility index (Phi) is 3.96. The quantitative estimate of drug-likeness (QED) is 0.808. The summed E-state index contributed by atoms with van der Waals surface area (Å²) in [7, 11) is 0. The van der Waals surface area contributed by atoms with Gasteiger partial charge in [-0.25, -0.2) is 4.79 Å². The van der Waals surface area contributed by atoms with Gasteiger partial charge in [0.1, 0.15) is 5.69 Å². The number of carbonyl (C=O) groups excluding carboxylic acids is 2. The number of hydrogen-bond donors (Lipinski definition) is 1. The molecule has 1 aliphatic carbocycles. The van der Waals surface area contributed by atoms with Crippen molar-refractivity contribution < 1.29 is 14.3 Å². The van der Waals surface area contributed by atoms with E-state index in [0.29, 0.717) is 11.3 Å². The maximum Gasteiger partial charge on any atom is 0.336 e. The van der Waals surface area contributed by atoms with Gasteiger partial charge < -0.3 is 10.5 Å². The van der Waals surface area contributed by atoms with Crippen LogP contribution in [0.15, 0.2) is 40.7 Å². The van der Waals surface area contributed by atoms with E-state index in [4.69, 9.17) is 10.5 Å². The first-order chi connectivity index (χ1) is 12.9. The largest absolute Gasteiger partial charge is 0.463 e. The van der Waals surface area contributed by atoms with E-state index < -0.39 is 16.3 Å². The summed E-state index contributed by atoms with van der Waals surface area (Å²) in [6.45, 7) is 3.72. The number of ether oxygens (including phenoxy) is 1. The third-order valence-electron chi connectivity index (χ3n) is 4.76. The van der Waals surface area contributed by atoms with E-state index in [1.807, 2.05) is 13.0 Å². The van der Waals surface area contributed by atoms with Gasteiger partial charge in [0.05, 0.1) is 33.9 Å². The van der Waals surface area contributed by atoms with Crippen molar-refractivity contribution in [2.75, 3.05) is 6.61 Å². The van der Waals surface area contributed by atoms with E-state index in [1.165, 1.54) is 4.68 Å². The molecule has 0 saturated carbocycles. The Bertz CT molecular complexity index is 1070. The zero-order chi connectivity index (χ0) is 19.3. The molecule has 4 rings (SSSR count). The van der Waals surface area contributed by atoms with Gasteiger partial charge in [-0.2, -0.15) is 9.78 Å². The molecular formula is C19H17N3O4S. The fourth-order valence-corrected chi connectivity index (χ4v) is 4.76. The Morgan fingerprint density at radius 3 is 2.70 bits per heavy atom. The molecule has 2 aromatic rings. The summed E-state index contributed by atoms with van der Waals surface area (Å²) in [5.74, 6) is -0.564. The van der Waals surface area contributed by atoms with Gasteiger partial charge in [0.15, 0.2) is 0 Å². The van der Waals surface area contributed by atoms with E-state index in [2.05, 4.69) is 5.10 Å². The molecule has 2 aliphatic rings. The zero-order valence-electron chi connectivity index (χ0n) is 14.8. The molecule has 1 unspecified atom stereocenters. The lowest BCUT2D eigenvalue weighted by molar-refractivity contribution is -0.138. The van der Waals surface area contributed by atoms with Crippen molar-refractivity contribution in [1.82, 2.24) is 9.78 Å². The summed E-state index contributed by atoms with van der Waals surface area (Å²) in [5, 5.41) is 4.08. The van der Waals surface area contributed by atoms with Crippen LogP contribution in [0.1, 0.15) is 41.9 Å². The molecule has 0 fully saturated rings. The number of esters is 1. The number of hydrogen-bond acceptors (Lipinski definition) is 7. The molecule has 0 spiro atoms. The van der Waals surface area contributed by atoms with Crippen molar-refractivity contribution >= 4 is 28.5 Å². The third kappa shape index (κ3) is 2.51. The second kappa shape index (κ2) is 6.09. The molecule has 0 radical (unpaired) electrons. The highest BCUT2D eigenvalue weighted by Gasteiger charge is 2.50. The lowest BCUT2D eigenvalue weighted by atomic mass is 9.81. The summed E-state index contributed by atoms with van der Waals surface area (Å²) in [6, 6.07) is 8.79. The minimum Gasteiger partial charge on any atom is -0.463 e. The molecule has 138 valence electrons. The van der Waals surface area contributed by atoms with Gasteiger partial charge in [0, 0.05) is 12.0 Å². The Morgan fingerprint density at radius 2 is 2.04 bits per heavy atom. The van der Waals surface area contributed by atoms with Crippen LogP contribution in [0.25, 0.3) is 11.4 Å². The number of aromatic nitrogens is 2. The highest BCUT2D eigenvalue weighted by Crippen LogP contribution is 2.54. The van der Waals surface area contributed by atoms with Gasteiger partial charge in [-0.3, -0.25) is 9.59 Å². The topological polar surface area (TPSA) is 104 Å². The van der Waals surface area contributed by atoms with Gasteiger partial charge in [0.2, 0.25) is 5.12 Å². The van der Waals surface area contributed by atoms with Crippen molar-refractivity contribution in [3.05, 3.63) is 63.1 Å². The number of nitrogens with two attached hydrogens (primary N) is 1. The van der Waals surface area contributed by atoms with E-state index in [-0.39, 0.29) is 40.7 Å². The number of para-hydroxylation sites is 1. The van der Waals surface area contributed by atoms with Crippen LogP contribution < -0.4 is 11.3 Å². The summed E-state index contributed by atoms with van der Waals surface area (Å²) in [4.78, 5) is 38.3. The van der Waals surface area contributed by atoms with E-state index in [0.717, 1.165) is 11.8 Å². The van der Waals surface area contributed by atoms with E-state index in [9.17, 15) is 14.4 Å². The standard InChI is InChI=1S/C19H17N3O4S/c1-3-26-17(24)11-9-19(2)13-12(14(11)20)16(23)22(10-7-5-4-6-8-10)21-15(13)18(25)27-19/h4-8H,3,9,20H2,1-2H3. The average Bonchev–Trinajstić information content (AvgIpc) is 2.90. The third-order valence-corrected chi connectivity index (χ3v) is 5.94. The SMILES string of the molecule is CCOC(=O)C1=C(N)c2c3c(nn(-c4ccccc4)c2=O)C(=O)SC3(C)C1. The van der Waals surface area contributed by atoms with Crippen LogP contribution in [0.4, 0.5) is 0 Å². The molecule has 2 N–H and O–H groups in total. The number of thioether (sulfide) groups is 1. The summed E-state index contributed by atoms with van der Waals surface area (Å²) in [6.07, 6.45) is 0.213. The van der Waals surface area contributed by atoms with E-state index in [1.54, 1.807) is 31.2 Å². The zero-order valence-corrected chi connectivity index (χ0v) is 15.6. The second-order valence-corrected chi connectivity index (χ2v) is 8.04. The first kappa shape index (κ1) is 17.5. The molecular weight excluding hydrogens is 366 g/mol. The van der Waals surface area contributed by atoms with Crippen molar-refractivity contribution in [2.24, 2.45) is 5.73 Å². The van der Waals surface area contributed by atoms with Crippen LogP contribution >= 0.6 is 11.8 Å². The Morgan fingerprint density at radius 1 is 1.33 bits per heavy atom. The number of nitrogens with zero attached hydrogens (tertiary/aromatic N) is 2. The monoisotopic (exact) mass is 383 g/mol. The van der Waals surface area contributed by atoms with Crippen LogP contribution in [0.3, 0.4) is 0 Å². The van der Waals surface area contributed by atoms with Crippen LogP contribution in [-0.4, -0.2) is 27.5 Å².